The Labute approximate surface area is 149 Å². The summed E-state index contributed by atoms with van der Waals surface area (Å²) in [6.07, 6.45) is -1.53. The number of hydrogen-bond donors (Lipinski definition) is 4. The van der Waals surface area contributed by atoms with Crippen LogP contribution in [0.4, 0.5) is 4.79 Å². The van der Waals surface area contributed by atoms with E-state index < -0.39 is 18.2 Å². The molecule has 2 aromatic carbocycles. The highest BCUT2D eigenvalue weighted by molar-refractivity contribution is 9.10. The van der Waals surface area contributed by atoms with Crippen LogP contribution in [0.5, 0.6) is 0 Å². The number of nitrogens with one attached hydrogen (secondary N) is 2. The van der Waals surface area contributed by atoms with Crippen LogP contribution in [0.15, 0.2) is 59.1 Å². The second-order valence-electron chi connectivity index (χ2n) is 5.57. The molecule has 0 radical (unpaired) electrons. The Bertz CT molecular complexity index is 652. The Morgan fingerprint density at radius 2 is 1.79 bits per heavy atom. The lowest BCUT2D eigenvalue weighted by Gasteiger charge is -2.23. The summed E-state index contributed by atoms with van der Waals surface area (Å²) in [5.41, 5.74) is 2.06. The van der Waals surface area contributed by atoms with Crippen LogP contribution in [-0.2, 0) is 13.0 Å². The predicted octanol–water partition coefficient (Wildman–Crippen LogP) is 2.78. The fourth-order valence-electron chi connectivity index (χ4n) is 2.46. The number of carbonyl (C=O) groups is 1. The second kappa shape index (κ2) is 9.42. The van der Waals surface area contributed by atoms with E-state index in [1.54, 1.807) is 0 Å². The van der Waals surface area contributed by atoms with Crippen molar-refractivity contribution in [3.63, 3.8) is 0 Å². The maximum absolute atomic E-state index is 11.0. The highest BCUT2D eigenvalue weighted by Gasteiger charge is 2.21. The molecule has 128 valence electrons. The molecule has 1 amide bonds. The Hall–Kier alpha value is -1.89. The molecular formula is C18H21BrN2O3. The molecule has 0 aliphatic rings. The highest BCUT2D eigenvalue weighted by atomic mass is 79.9. The third-order valence-corrected chi connectivity index (χ3v) is 4.14. The van der Waals surface area contributed by atoms with Crippen LogP contribution >= 0.6 is 15.9 Å². The molecular weight excluding hydrogens is 372 g/mol. The number of carboxylic acid groups (broad SMARTS) is 1. The fourth-order valence-corrected chi connectivity index (χ4v) is 2.91. The van der Waals surface area contributed by atoms with Crippen molar-refractivity contribution in [3.8, 4) is 0 Å². The third kappa shape index (κ3) is 6.31. The van der Waals surface area contributed by atoms with Gasteiger partial charge in [0.2, 0.25) is 0 Å². The van der Waals surface area contributed by atoms with Gasteiger partial charge in [-0.1, -0.05) is 58.4 Å². The molecule has 0 spiro atoms. The Balaban J connectivity index is 1.89. The summed E-state index contributed by atoms with van der Waals surface area (Å²) in [5, 5.41) is 24.9. The lowest BCUT2D eigenvalue weighted by Crippen LogP contribution is -2.48. The van der Waals surface area contributed by atoms with E-state index >= 15 is 0 Å². The molecule has 2 atom stereocenters. The summed E-state index contributed by atoms with van der Waals surface area (Å²) in [7, 11) is 0. The topological polar surface area (TPSA) is 81.6 Å². The molecule has 0 saturated carbocycles. The lowest BCUT2D eigenvalue weighted by atomic mass is 10.0. The minimum Gasteiger partial charge on any atom is -0.465 e. The van der Waals surface area contributed by atoms with Crippen molar-refractivity contribution in [3.05, 3.63) is 70.2 Å². The van der Waals surface area contributed by atoms with Crippen LogP contribution in [-0.4, -0.2) is 35.0 Å². The summed E-state index contributed by atoms with van der Waals surface area (Å²) in [6, 6.07) is 16.8. The zero-order valence-electron chi connectivity index (χ0n) is 13.2. The van der Waals surface area contributed by atoms with Gasteiger partial charge in [-0.3, -0.25) is 0 Å². The number of rotatable bonds is 8. The van der Waals surface area contributed by atoms with Crippen LogP contribution < -0.4 is 10.6 Å². The van der Waals surface area contributed by atoms with Gasteiger partial charge in [-0.25, -0.2) is 4.79 Å². The van der Waals surface area contributed by atoms with Crippen molar-refractivity contribution in [1.82, 2.24) is 10.6 Å². The molecule has 2 aromatic rings. The van der Waals surface area contributed by atoms with Crippen molar-refractivity contribution in [2.75, 3.05) is 6.54 Å². The van der Waals surface area contributed by atoms with E-state index in [4.69, 9.17) is 5.11 Å². The van der Waals surface area contributed by atoms with Gasteiger partial charge < -0.3 is 20.8 Å². The molecule has 6 heteroatoms. The lowest BCUT2D eigenvalue weighted by molar-refractivity contribution is 0.117. The van der Waals surface area contributed by atoms with Gasteiger partial charge in [-0.2, -0.15) is 0 Å². The third-order valence-electron chi connectivity index (χ3n) is 3.64. The van der Waals surface area contributed by atoms with E-state index in [0.29, 0.717) is 19.5 Å². The van der Waals surface area contributed by atoms with E-state index in [-0.39, 0.29) is 0 Å². The number of aliphatic hydroxyl groups is 1. The van der Waals surface area contributed by atoms with Gasteiger partial charge >= 0.3 is 6.09 Å². The van der Waals surface area contributed by atoms with Crippen LogP contribution in [0.3, 0.4) is 0 Å². The zero-order chi connectivity index (χ0) is 17.4. The Morgan fingerprint density at radius 1 is 1.08 bits per heavy atom. The highest BCUT2D eigenvalue weighted by Crippen LogP contribution is 2.11. The van der Waals surface area contributed by atoms with E-state index in [2.05, 4.69) is 26.6 Å². The monoisotopic (exact) mass is 392 g/mol. The van der Waals surface area contributed by atoms with Crippen LogP contribution in [0.1, 0.15) is 11.1 Å². The quantitative estimate of drug-likeness (QED) is 0.556. The first kappa shape index (κ1) is 18.4. The molecule has 0 heterocycles. The first-order chi connectivity index (χ1) is 11.5. The summed E-state index contributed by atoms with van der Waals surface area (Å²) in [4.78, 5) is 11.0. The molecule has 5 nitrogen and oxygen atoms in total. The largest absolute Gasteiger partial charge is 0.465 e. The average molecular weight is 393 g/mol. The fraction of sp³-hybridized carbons (Fsp3) is 0.278. The predicted molar refractivity (Wildman–Crippen MR) is 97.0 cm³/mol. The van der Waals surface area contributed by atoms with Crippen molar-refractivity contribution in [2.45, 2.75) is 25.1 Å². The number of benzene rings is 2. The molecule has 0 unspecified atom stereocenters. The van der Waals surface area contributed by atoms with Gasteiger partial charge in [0.05, 0.1) is 12.1 Å². The number of hydrogen-bond acceptors (Lipinski definition) is 3. The molecule has 2 rings (SSSR count). The molecule has 4 N–H and O–H groups in total. The van der Waals surface area contributed by atoms with Crippen LogP contribution in [0.25, 0.3) is 0 Å². The van der Waals surface area contributed by atoms with E-state index in [1.165, 1.54) is 0 Å². The smallest absolute Gasteiger partial charge is 0.404 e. The summed E-state index contributed by atoms with van der Waals surface area (Å²) in [5.74, 6) is 0. The number of aliphatic hydroxyl groups excluding tert-OH is 1. The van der Waals surface area contributed by atoms with Crippen molar-refractivity contribution in [2.24, 2.45) is 0 Å². The normalized spacial score (nSPS) is 13.2. The first-order valence-electron chi connectivity index (χ1n) is 7.71. The minimum absolute atomic E-state index is 0.296. The van der Waals surface area contributed by atoms with Crippen LogP contribution in [0.2, 0.25) is 0 Å². The van der Waals surface area contributed by atoms with Gasteiger partial charge in [-0.15, -0.1) is 0 Å². The first-order valence-corrected chi connectivity index (χ1v) is 8.50. The van der Waals surface area contributed by atoms with Gasteiger partial charge in [0.25, 0.3) is 0 Å². The van der Waals surface area contributed by atoms with Crippen LogP contribution in [0, 0.1) is 0 Å². The molecule has 0 aliphatic heterocycles. The SMILES string of the molecule is O=C(O)N[C@@H](Cc1ccccc1)[C@@H](O)CNCc1cccc(Br)c1. The van der Waals surface area contributed by atoms with Gasteiger partial charge in [0, 0.05) is 17.6 Å². The number of amides is 1. The molecule has 0 aromatic heterocycles. The van der Waals surface area contributed by atoms with Crippen molar-refractivity contribution < 1.29 is 15.0 Å². The van der Waals surface area contributed by atoms with Gasteiger partial charge in [0.15, 0.2) is 0 Å². The number of halogens is 1. The molecule has 0 saturated heterocycles. The Kier molecular flexibility index (Phi) is 7.24. The molecule has 24 heavy (non-hydrogen) atoms. The molecule has 0 bridgehead atoms. The second-order valence-corrected chi connectivity index (χ2v) is 6.49. The Morgan fingerprint density at radius 3 is 2.46 bits per heavy atom. The molecule has 0 aliphatic carbocycles. The average Bonchev–Trinajstić information content (AvgIpc) is 2.55. The van der Waals surface area contributed by atoms with E-state index in [0.717, 1.165) is 15.6 Å². The summed E-state index contributed by atoms with van der Waals surface area (Å²) in [6.45, 7) is 0.895. The summed E-state index contributed by atoms with van der Waals surface area (Å²) < 4.78 is 0.997. The van der Waals surface area contributed by atoms with Crippen molar-refractivity contribution in [1.29, 1.82) is 0 Å². The zero-order valence-corrected chi connectivity index (χ0v) is 14.7. The van der Waals surface area contributed by atoms with Gasteiger partial charge in [0.1, 0.15) is 0 Å². The van der Waals surface area contributed by atoms with Gasteiger partial charge in [-0.05, 0) is 29.7 Å². The standard InChI is InChI=1S/C18H21BrN2O3/c19-15-8-4-7-14(9-15)11-20-12-17(22)16(21-18(23)24)10-13-5-2-1-3-6-13/h1-9,16-17,20-22H,10-12H2,(H,23,24)/t16-,17-/m0/s1. The molecule has 0 fully saturated rings. The van der Waals surface area contributed by atoms with E-state index in [9.17, 15) is 9.90 Å². The summed E-state index contributed by atoms with van der Waals surface area (Å²) >= 11 is 3.42. The minimum atomic E-state index is -1.14. The maximum atomic E-state index is 11.0. The van der Waals surface area contributed by atoms with E-state index in [1.807, 2.05) is 54.6 Å². The maximum Gasteiger partial charge on any atom is 0.404 e. The van der Waals surface area contributed by atoms with Crippen molar-refractivity contribution >= 4 is 22.0 Å².